The second-order valence-electron chi connectivity index (χ2n) is 8.56. The quantitative estimate of drug-likeness (QED) is 0.435. The third-order valence-corrected chi connectivity index (χ3v) is 6.40. The number of imidazole rings is 1. The van der Waals surface area contributed by atoms with Crippen molar-refractivity contribution in [2.75, 3.05) is 18.0 Å². The lowest BCUT2D eigenvalue weighted by molar-refractivity contribution is -0.274. The average molecular weight is 473 g/mol. The summed E-state index contributed by atoms with van der Waals surface area (Å²) in [5.74, 6) is 1.35. The molecule has 3 atom stereocenters. The van der Waals surface area contributed by atoms with E-state index >= 15 is 0 Å². The minimum atomic E-state index is -4.72. The number of benzene rings is 1. The van der Waals surface area contributed by atoms with E-state index < -0.39 is 6.36 Å². The molecule has 2 fully saturated rings. The molecule has 2 aliphatic rings. The number of anilines is 1. The number of rotatable bonds is 5. The maximum Gasteiger partial charge on any atom is 0.573 e. The molecule has 1 saturated heterocycles. The molecule has 0 amide bonds. The third kappa shape index (κ3) is 3.56. The molecule has 0 N–H and O–H groups in total. The molecule has 0 radical (unpaired) electrons. The summed E-state index contributed by atoms with van der Waals surface area (Å²) in [6.07, 6.45) is -1.79. The summed E-state index contributed by atoms with van der Waals surface area (Å²) in [5.41, 5.74) is 1.20. The molecule has 1 saturated carbocycles. The van der Waals surface area contributed by atoms with Crippen LogP contribution in [-0.2, 0) is 13.6 Å². The summed E-state index contributed by atoms with van der Waals surface area (Å²) in [5, 5.41) is 4.11. The fourth-order valence-electron chi connectivity index (χ4n) is 4.80. The van der Waals surface area contributed by atoms with Crippen LogP contribution in [0.3, 0.4) is 0 Å². The Kier molecular flexibility index (Phi) is 4.44. The minimum Gasteiger partial charge on any atom is -0.406 e. The Morgan fingerprint density at radius 3 is 2.71 bits per heavy atom. The van der Waals surface area contributed by atoms with E-state index in [9.17, 15) is 18.0 Å². The summed E-state index contributed by atoms with van der Waals surface area (Å²) in [6.45, 7) is 1.45. The first-order chi connectivity index (χ1) is 16.3. The van der Waals surface area contributed by atoms with Gasteiger partial charge in [0.25, 0.3) is 5.56 Å². The minimum absolute atomic E-state index is 0.0974. The molecule has 1 aliphatic carbocycles. The number of piperidine rings is 1. The van der Waals surface area contributed by atoms with Crippen LogP contribution >= 0.6 is 0 Å². The van der Waals surface area contributed by atoms with Crippen molar-refractivity contribution in [2.45, 2.75) is 18.8 Å². The summed E-state index contributed by atoms with van der Waals surface area (Å²) in [6, 6.07) is 5.98. The van der Waals surface area contributed by atoms with Gasteiger partial charge in [-0.25, -0.2) is 9.97 Å². The van der Waals surface area contributed by atoms with Crippen LogP contribution in [0.25, 0.3) is 11.2 Å². The van der Waals surface area contributed by atoms with Crippen LogP contribution in [0.2, 0.25) is 0 Å². The topological polar surface area (TPSA) is 104 Å². The van der Waals surface area contributed by atoms with Crippen LogP contribution in [0.4, 0.5) is 18.9 Å². The summed E-state index contributed by atoms with van der Waals surface area (Å²) < 4.78 is 49.9. The molecule has 176 valence electrons. The zero-order valence-electron chi connectivity index (χ0n) is 17.8. The fourth-order valence-corrected chi connectivity index (χ4v) is 4.80. The van der Waals surface area contributed by atoms with Gasteiger partial charge in [0.15, 0.2) is 17.0 Å². The predicted molar refractivity (Wildman–Crippen MR) is 111 cm³/mol. The highest BCUT2D eigenvalue weighted by Crippen LogP contribution is 2.58. The molecule has 4 aromatic rings. The van der Waals surface area contributed by atoms with Crippen LogP contribution in [0, 0.1) is 11.8 Å². The van der Waals surface area contributed by atoms with Gasteiger partial charge in [-0.2, -0.15) is 4.98 Å². The molecule has 6 rings (SSSR count). The number of alkyl halides is 3. The van der Waals surface area contributed by atoms with E-state index in [0.717, 1.165) is 0 Å². The molecule has 1 aromatic carbocycles. The van der Waals surface area contributed by atoms with Crippen LogP contribution in [0.15, 0.2) is 46.2 Å². The average Bonchev–Trinajstić information content (AvgIpc) is 3.19. The highest BCUT2D eigenvalue weighted by molar-refractivity contribution is 5.68. The molecule has 10 nitrogen and oxygen atoms in total. The first kappa shape index (κ1) is 20.7. The van der Waals surface area contributed by atoms with Gasteiger partial charge in [0, 0.05) is 37.8 Å². The van der Waals surface area contributed by atoms with Gasteiger partial charge in [-0.15, -0.1) is 13.2 Å². The first-order valence-corrected chi connectivity index (χ1v) is 10.6. The number of ether oxygens (including phenoxy) is 1. The van der Waals surface area contributed by atoms with E-state index in [1.54, 1.807) is 23.7 Å². The maximum absolute atomic E-state index is 12.7. The van der Waals surface area contributed by atoms with Crippen molar-refractivity contribution in [3.63, 3.8) is 0 Å². The zero-order chi connectivity index (χ0) is 23.6. The van der Waals surface area contributed by atoms with E-state index in [-0.39, 0.29) is 35.6 Å². The highest BCUT2D eigenvalue weighted by atomic mass is 19.4. The van der Waals surface area contributed by atoms with Gasteiger partial charge in [-0.1, -0.05) is 11.2 Å². The highest BCUT2D eigenvalue weighted by Gasteiger charge is 2.58. The molecule has 0 bridgehead atoms. The van der Waals surface area contributed by atoms with E-state index in [0.29, 0.717) is 41.7 Å². The predicted octanol–water partition coefficient (Wildman–Crippen LogP) is 2.31. The van der Waals surface area contributed by atoms with Crippen LogP contribution in [0.5, 0.6) is 5.75 Å². The fraction of sp³-hybridized carbons (Fsp3) is 0.381. The number of nitrogens with zero attached hydrogens (tertiary/aromatic N) is 7. The van der Waals surface area contributed by atoms with Crippen molar-refractivity contribution >= 4 is 16.9 Å². The van der Waals surface area contributed by atoms with Gasteiger partial charge in [0.1, 0.15) is 18.6 Å². The number of aromatic nitrogens is 6. The maximum atomic E-state index is 12.7. The van der Waals surface area contributed by atoms with Crippen molar-refractivity contribution < 1.29 is 22.4 Å². The van der Waals surface area contributed by atoms with E-state index in [4.69, 9.17) is 4.52 Å². The third-order valence-electron chi connectivity index (χ3n) is 6.40. The van der Waals surface area contributed by atoms with Gasteiger partial charge in [0.2, 0.25) is 5.89 Å². The molecule has 4 heterocycles. The smallest absolute Gasteiger partial charge is 0.406 e. The Morgan fingerprint density at radius 2 is 1.94 bits per heavy atom. The van der Waals surface area contributed by atoms with Gasteiger partial charge >= 0.3 is 6.36 Å². The van der Waals surface area contributed by atoms with E-state index in [2.05, 4.69) is 24.8 Å². The van der Waals surface area contributed by atoms with Crippen LogP contribution in [0.1, 0.15) is 17.6 Å². The molecular weight excluding hydrogens is 455 g/mol. The number of aryl methyl sites for hydroxylation is 1. The van der Waals surface area contributed by atoms with Gasteiger partial charge in [0.05, 0.1) is 6.33 Å². The van der Waals surface area contributed by atoms with E-state index in [1.807, 2.05) is 4.90 Å². The van der Waals surface area contributed by atoms with Crippen molar-refractivity contribution in [1.29, 1.82) is 0 Å². The molecular formula is C21H18F3N7O3. The monoisotopic (exact) mass is 473 g/mol. The largest absolute Gasteiger partial charge is 0.573 e. The van der Waals surface area contributed by atoms with Gasteiger partial charge in [-0.05, 0) is 24.0 Å². The van der Waals surface area contributed by atoms with Crippen molar-refractivity contribution in [3.8, 4) is 5.75 Å². The summed E-state index contributed by atoms with van der Waals surface area (Å²) in [7, 11) is 1.72. The Hall–Kier alpha value is -3.90. The SMILES string of the molecule is Cn1cnc2ncn(Cc3nc(C4[C@H]5CN(c6cccc(OC(F)(F)F)c6)C[C@@H]45)no3)c(=O)c21. The standard InChI is InChI=1S/C21H18F3N7O3/c1-29-9-25-19-17(29)20(32)31(10-26-19)8-15-27-18(28-34-15)16-13-6-30(7-14(13)16)11-3-2-4-12(5-11)33-21(22,23)24/h2-5,9-10,13-14,16H,6-8H2,1H3/t13-,14+,16?. The normalized spacial score (nSPS) is 21.8. The van der Waals surface area contributed by atoms with Gasteiger partial charge < -0.3 is 18.7 Å². The molecule has 1 aliphatic heterocycles. The van der Waals surface area contributed by atoms with Crippen molar-refractivity contribution in [1.82, 2.24) is 29.2 Å². The lowest BCUT2D eigenvalue weighted by atomic mass is 10.2. The summed E-state index contributed by atoms with van der Waals surface area (Å²) in [4.78, 5) is 27.5. The Morgan fingerprint density at radius 1 is 1.18 bits per heavy atom. The Balaban J connectivity index is 1.12. The lowest BCUT2D eigenvalue weighted by Gasteiger charge is -2.22. The summed E-state index contributed by atoms with van der Waals surface area (Å²) >= 11 is 0. The first-order valence-electron chi connectivity index (χ1n) is 10.6. The number of hydrogen-bond donors (Lipinski definition) is 0. The number of hydrogen-bond acceptors (Lipinski definition) is 8. The Labute approximate surface area is 189 Å². The van der Waals surface area contributed by atoms with Gasteiger partial charge in [-0.3, -0.25) is 9.36 Å². The van der Waals surface area contributed by atoms with E-state index in [1.165, 1.54) is 29.4 Å². The molecule has 34 heavy (non-hydrogen) atoms. The number of halogens is 3. The van der Waals surface area contributed by atoms with Crippen LogP contribution in [-0.4, -0.2) is 48.7 Å². The zero-order valence-corrected chi connectivity index (χ0v) is 17.8. The molecule has 1 unspecified atom stereocenters. The van der Waals surface area contributed by atoms with Crippen LogP contribution < -0.4 is 15.2 Å². The lowest BCUT2D eigenvalue weighted by Crippen LogP contribution is -2.24. The molecule has 13 heteroatoms. The number of fused-ring (bicyclic) bond motifs is 2. The molecule has 3 aromatic heterocycles. The van der Waals surface area contributed by atoms with Crippen molar-refractivity contribution in [2.24, 2.45) is 18.9 Å². The van der Waals surface area contributed by atoms with Crippen molar-refractivity contribution in [3.05, 3.63) is 59.0 Å². The molecule has 0 spiro atoms. The second-order valence-corrected chi connectivity index (χ2v) is 8.56. The Bertz CT molecular complexity index is 1430. The second kappa shape index (κ2) is 7.30.